The molecular weight excluding hydrogens is 326 g/mol. The number of amides is 1. The van der Waals surface area contributed by atoms with Crippen LogP contribution in [0.3, 0.4) is 0 Å². The van der Waals surface area contributed by atoms with Gasteiger partial charge in [-0.3, -0.25) is 4.79 Å². The SMILES string of the molecule is CC(=O)N(CCNS(=O)(=O)c1ccccc1)c1ccc(C#N)cc1. The van der Waals surface area contributed by atoms with Crippen molar-refractivity contribution in [1.29, 1.82) is 5.26 Å². The van der Waals surface area contributed by atoms with Crippen LogP contribution in [0.4, 0.5) is 5.69 Å². The number of sulfonamides is 1. The number of anilines is 1. The van der Waals surface area contributed by atoms with Crippen LogP contribution in [0.1, 0.15) is 12.5 Å². The second-order valence-electron chi connectivity index (χ2n) is 5.04. The summed E-state index contributed by atoms with van der Waals surface area (Å²) in [7, 11) is -3.61. The fraction of sp³-hybridized carbons (Fsp3) is 0.176. The minimum Gasteiger partial charge on any atom is -0.311 e. The van der Waals surface area contributed by atoms with Gasteiger partial charge in [0.1, 0.15) is 0 Å². The molecule has 2 aromatic rings. The first-order valence-corrected chi connectivity index (χ1v) is 8.75. The zero-order valence-corrected chi connectivity index (χ0v) is 14.0. The van der Waals surface area contributed by atoms with E-state index >= 15 is 0 Å². The van der Waals surface area contributed by atoms with Crippen LogP contribution in [-0.4, -0.2) is 27.4 Å². The van der Waals surface area contributed by atoms with E-state index < -0.39 is 10.0 Å². The van der Waals surface area contributed by atoms with Crippen LogP contribution < -0.4 is 9.62 Å². The molecule has 0 heterocycles. The average Bonchev–Trinajstić information content (AvgIpc) is 2.59. The molecule has 0 radical (unpaired) electrons. The van der Waals surface area contributed by atoms with Crippen LogP contribution in [0.5, 0.6) is 0 Å². The fourth-order valence-corrected chi connectivity index (χ4v) is 3.20. The van der Waals surface area contributed by atoms with Gasteiger partial charge in [-0.25, -0.2) is 13.1 Å². The lowest BCUT2D eigenvalue weighted by Gasteiger charge is -2.21. The number of nitrogens with one attached hydrogen (secondary N) is 1. The molecule has 7 heteroatoms. The predicted octanol–water partition coefficient (Wildman–Crippen LogP) is 1.89. The van der Waals surface area contributed by atoms with Gasteiger partial charge in [-0.2, -0.15) is 5.26 Å². The van der Waals surface area contributed by atoms with Crippen molar-refractivity contribution >= 4 is 21.6 Å². The molecule has 0 aliphatic carbocycles. The highest BCUT2D eigenvalue weighted by molar-refractivity contribution is 7.89. The number of carbonyl (C=O) groups is 1. The first-order chi connectivity index (χ1) is 11.4. The quantitative estimate of drug-likeness (QED) is 0.867. The van der Waals surface area contributed by atoms with E-state index in [1.165, 1.54) is 24.0 Å². The van der Waals surface area contributed by atoms with E-state index in [0.717, 1.165) is 0 Å². The van der Waals surface area contributed by atoms with Gasteiger partial charge in [0.25, 0.3) is 0 Å². The van der Waals surface area contributed by atoms with E-state index in [2.05, 4.69) is 4.72 Å². The van der Waals surface area contributed by atoms with Crippen molar-refractivity contribution in [3.05, 3.63) is 60.2 Å². The van der Waals surface area contributed by atoms with Crippen molar-refractivity contribution in [3.8, 4) is 6.07 Å². The van der Waals surface area contributed by atoms with E-state index in [1.54, 1.807) is 42.5 Å². The van der Waals surface area contributed by atoms with Gasteiger partial charge < -0.3 is 4.90 Å². The Morgan fingerprint density at radius 1 is 1.12 bits per heavy atom. The van der Waals surface area contributed by atoms with Crippen molar-refractivity contribution < 1.29 is 13.2 Å². The van der Waals surface area contributed by atoms with Crippen molar-refractivity contribution in [2.24, 2.45) is 0 Å². The maximum atomic E-state index is 12.2. The third kappa shape index (κ3) is 4.41. The highest BCUT2D eigenvalue weighted by Gasteiger charge is 2.15. The zero-order chi connectivity index (χ0) is 17.6. The fourth-order valence-electron chi connectivity index (χ4n) is 2.16. The molecule has 6 nitrogen and oxygen atoms in total. The molecule has 0 saturated carbocycles. The minimum atomic E-state index is -3.61. The molecule has 0 aliphatic heterocycles. The largest absolute Gasteiger partial charge is 0.311 e. The molecule has 0 atom stereocenters. The molecule has 0 aliphatic rings. The van der Waals surface area contributed by atoms with Crippen LogP contribution in [0.2, 0.25) is 0 Å². The van der Waals surface area contributed by atoms with E-state index in [-0.39, 0.29) is 23.9 Å². The summed E-state index contributed by atoms with van der Waals surface area (Å²) in [5, 5.41) is 8.81. The van der Waals surface area contributed by atoms with Gasteiger partial charge in [0.2, 0.25) is 15.9 Å². The molecule has 2 rings (SSSR count). The predicted molar refractivity (Wildman–Crippen MR) is 90.8 cm³/mol. The molecule has 0 aromatic heterocycles. The normalized spacial score (nSPS) is 10.8. The van der Waals surface area contributed by atoms with Crippen LogP contribution in [0, 0.1) is 11.3 Å². The molecule has 0 bridgehead atoms. The van der Waals surface area contributed by atoms with Crippen molar-refractivity contribution in [2.45, 2.75) is 11.8 Å². The first-order valence-electron chi connectivity index (χ1n) is 7.27. The number of nitriles is 1. The van der Waals surface area contributed by atoms with Crippen molar-refractivity contribution in [3.63, 3.8) is 0 Å². The third-order valence-corrected chi connectivity index (χ3v) is 4.85. The van der Waals surface area contributed by atoms with Gasteiger partial charge in [0.15, 0.2) is 0 Å². The Balaban J connectivity index is 2.04. The topological polar surface area (TPSA) is 90.3 Å². The Hall–Kier alpha value is -2.69. The van der Waals surface area contributed by atoms with Crippen molar-refractivity contribution in [2.75, 3.05) is 18.0 Å². The molecular formula is C17H17N3O3S. The van der Waals surface area contributed by atoms with Crippen LogP contribution in [0.15, 0.2) is 59.5 Å². The Morgan fingerprint density at radius 3 is 2.29 bits per heavy atom. The Labute approximate surface area is 141 Å². The molecule has 2 aromatic carbocycles. The molecule has 124 valence electrons. The Kier molecular flexibility index (Phi) is 5.68. The number of carbonyl (C=O) groups excluding carboxylic acids is 1. The summed E-state index contributed by atoms with van der Waals surface area (Å²) < 4.78 is 26.8. The maximum absolute atomic E-state index is 12.2. The maximum Gasteiger partial charge on any atom is 0.240 e. The smallest absolute Gasteiger partial charge is 0.240 e. The van der Waals surface area contributed by atoms with E-state index in [4.69, 9.17) is 5.26 Å². The standard InChI is InChI=1S/C17H17N3O3S/c1-14(21)20(16-9-7-15(13-18)8-10-16)12-11-19-24(22,23)17-5-3-2-4-6-17/h2-10,19H,11-12H2,1H3. The molecule has 1 amide bonds. The van der Waals surface area contributed by atoms with Gasteiger partial charge in [-0.15, -0.1) is 0 Å². The molecule has 24 heavy (non-hydrogen) atoms. The van der Waals surface area contributed by atoms with Crippen LogP contribution >= 0.6 is 0 Å². The lowest BCUT2D eigenvalue weighted by molar-refractivity contribution is -0.116. The summed E-state index contributed by atoms with van der Waals surface area (Å²) in [4.78, 5) is 13.4. The monoisotopic (exact) mass is 343 g/mol. The lowest BCUT2D eigenvalue weighted by Crippen LogP contribution is -2.37. The van der Waals surface area contributed by atoms with E-state index in [9.17, 15) is 13.2 Å². The number of nitrogens with zero attached hydrogens (tertiary/aromatic N) is 2. The second kappa shape index (κ2) is 7.73. The Bertz CT molecular complexity index is 841. The molecule has 0 saturated heterocycles. The minimum absolute atomic E-state index is 0.0802. The van der Waals surface area contributed by atoms with Crippen LogP contribution in [0.25, 0.3) is 0 Å². The summed E-state index contributed by atoms with van der Waals surface area (Å²) in [6.45, 7) is 1.67. The summed E-state index contributed by atoms with van der Waals surface area (Å²) in [6.07, 6.45) is 0. The summed E-state index contributed by atoms with van der Waals surface area (Å²) in [5.74, 6) is -0.210. The summed E-state index contributed by atoms with van der Waals surface area (Å²) >= 11 is 0. The molecule has 1 N–H and O–H groups in total. The average molecular weight is 343 g/mol. The van der Waals surface area contributed by atoms with Crippen molar-refractivity contribution in [1.82, 2.24) is 4.72 Å². The third-order valence-electron chi connectivity index (χ3n) is 3.37. The van der Waals surface area contributed by atoms with Gasteiger partial charge in [-0.1, -0.05) is 18.2 Å². The van der Waals surface area contributed by atoms with Gasteiger partial charge in [-0.05, 0) is 36.4 Å². The van der Waals surface area contributed by atoms with Gasteiger partial charge >= 0.3 is 0 Å². The highest BCUT2D eigenvalue weighted by atomic mass is 32.2. The number of benzene rings is 2. The number of hydrogen-bond donors (Lipinski definition) is 1. The lowest BCUT2D eigenvalue weighted by atomic mass is 10.2. The number of hydrogen-bond acceptors (Lipinski definition) is 4. The Morgan fingerprint density at radius 2 is 1.75 bits per heavy atom. The number of rotatable bonds is 6. The van der Waals surface area contributed by atoms with Gasteiger partial charge in [0.05, 0.1) is 16.5 Å². The molecule has 0 spiro atoms. The van der Waals surface area contributed by atoms with Crippen LogP contribution in [-0.2, 0) is 14.8 Å². The summed E-state index contributed by atoms with van der Waals surface area (Å²) in [6, 6.07) is 16.6. The van der Waals surface area contributed by atoms with E-state index in [0.29, 0.717) is 11.3 Å². The summed E-state index contributed by atoms with van der Waals surface area (Å²) in [5.41, 5.74) is 1.10. The zero-order valence-electron chi connectivity index (χ0n) is 13.1. The van der Waals surface area contributed by atoms with Gasteiger partial charge in [0, 0.05) is 25.7 Å². The molecule has 0 unspecified atom stereocenters. The molecule has 0 fully saturated rings. The highest BCUT2D eigenvalue weighted by Crippen LogP contribution is 2.15. The second-order valence-corrected chi connectivity index (χ2v) is 6.81. The first kappa shape index (κ1) is 17.7. The van der Waals surface area contributed by atoms with E-state index in [1.807, 2.05) is 6.07 Å².